The molecule has 0 aliphatic carbocycles. The molecule has 0 bridgehead atoms. The van der Waals surface area contributed by atoms with Crippen molar-refractivity contribution in [1.82, 2.24) is 14.5 Å². The summed E-state index contributed by atoms with van der Waals surface area (Å²) in [4.78, 5) is 14.6. The number of piperidine rings is 1. The third-order valence-corrected chi connectivity index (χ3v) is 6.04. The van der Waals surface area contributed by atoms with E-state index in [1.54, 1.807) is 0 Å². The zero-order chi connectivity index (χ0) is 18.6. The van der Waals surface area contributed by atoms with E-state index in [9.17, 15) is 17.6 Å². The third kappa shape index (κ3) is 4.90. The molecule has 1 heterocycles. The Kier molecular flexibility index (Phi) is 6.36. The van der Waals surface area contributed by atoms with Crippen LogP contribution in [-0.2, 0) is 15.0 Å². The summed E-state index contributed by atoms with van der Waals surface area (Å²) in [5, 5.41) is 2.86. The first kappa shape index (κ1) is 19.6. The number of anilines is 1. The molecule has 1 aliphatic heterocycles. The van der Waals surface area contributed by atoms with E-state index in [-0.39, 0.29) is 11.7 Å². The van der Waals surface area contributed by atoms with E-state index in [0.29, 0.717) is 0 Å². The molecule has 0 unspecified atom stereocenters. The van der Waals surface area contributed by atoms with Crippen molar-refractivity contribution in [2.45, 2.75) is 18.9 Å². The number of carbonyl (C=O) groups is 1. The summed E-state index contributed by atoms with van der Waals surface area (Å²) in [6, 6.07) is 5.53. The van der Waals surface area contributed by atoms with Crippen LogP contribution in [0.15, 0.2) is 24.3 Å². The maximum Gasteiger partial charge on any atom is 0.304 e. The Morgan fingerprint density at radius 2 is 1.88 bits per heavy atom. The monoisotopic (exact) mass is 372 g/mol. The van der Waals surface area contributed by atoms with Crippen molar-refractivity contribution in [3.8, 4) is 0 Å². The minimum Gasteiger partial charge on any atom is -0.352 e. The van der Waals surface area contributed by atoms with E-state index >= 15 is 0 Å². The van der Waals surface area contributed by atoms with Crippen molar-refractivity contribution in [3.63, 3.8) is 0 Å². The van der Waals surface area contributed by atoms with Gasteiger partial charge in [-0.2, -0.15) is 12.7 Å². The van der Waals surface area contributed by atoms with E-state index in [0.717, 1.165) is 34.5 Å². The summed E-state index contributed by atoms with van der Waals surface area (Å²) in [5.74, 6) is -1.14. The van der Waals surface area contributed by atoms with Crippen LogP contribution >= 0.6 is 0 Å². The fourth-order valence-electron chi connectivity index (χ4n) is 2.70. The van der Waals surface area contributed by atoms with Crippen molar-refractivity contribution in [3.05, 3.63) is 30.1 Å². The minimum atomic E-state index is -4.00. The van der Waals surface area contributed by atoms with Gasteiger partial charge in [0.2, 0.25) is 5.91 Å². The molecule has 0 aromatic heterocycles. The SMILES string of the molecule is CN1CCC(NC(=O)CN(c2ccccc2F)S(=O)(=O)N(C)C)CC1. The second kappa shape index (κ2) is 8.11. The van der Waals surface area contributed by atoms with E-state index in [1.165, 1.54) is 38.4 Å². The quantitative estimate of drug-likeness (QED) is 0.796. The van der Waals surface area contributed by atoms with Gasteiger partial charge >= 0.3 is 10.2 Å². The summed E-state index contributed by atoms with van der Waals surface area (Å²) in [6.07, 6.45) is 1.62. The number of para-hydroxylation sites is 1. The molecule has 1 amide bonds. The molecule has 0 spiro atoms. The van der Waals surface area contributed by atoms with Crippen LogP contribution in [0.5, 0.6) is 0 Å². The standard InChI is InChI=1S/C16H25FN4O3S/c1-19(2)25(23,24)21(15-7-5-4-6-14(15)17)12-16(22)18-13-8-10-20(3)11-9-13/h4-7,13H,8-12H2,1-3H3,(H,18,22). The maximum absolute atomic E-state index is 14.1. The van der Waals surface area contributed by atoms with Crippen molar-refractivity contribution < 1.29 is 17.6 Å². The fraction of sp³-hybridized carbons (Fsp3) is 0.562. The van der Waals surface area contributed by atoms with Gasteiger partial charge in [0.1, 0.15) is 12.4 Å². The smallest absolute Gasteiger partial charge is 0.304 e. The second-order valence-electron chi connectivity index (χ2n) is 6.39. The van der Waals surface area contributed by atoms with Gasteiger partial charge in [-0.05, 0) is 45.1 Å². The molecule has 140 valence electrons. The van der Waals surface area contributed by atoms with Crippen molar-refractivity contribution >= 4 is 21.8 Å². The number of benzene rings is 1. The molecule has 1 aliphatic rings. The van der Waals surface area contributed by atoms with E-state index in [1.807, 2.05) is 7.05 Å². The predicted octanol–water partition coefficient (Wildman–Crippen LogP) is 0.649. The highest BCUT2D eigenvalue weighted by atomic mass is 32.2. The zero-order valence-electron chi connectivity index (χ0n) is 14.8. The molecule has 0 saturated carbocycles. The molecule has 1 aromatic carbocycles. The highest BCUT2D eigenvalue weighted by Crippen LogP contribution is 2.22. The topological polar surface area (TPSA) is 73.0 Å². The van der Waals surface area contributed by atoms with Crippen LogP contribution in [0.25, 0.3) is 0 Å². The van der Waals surface area contributed by atoms with Crippen molar-refractivity contribution in [1.29, 1.82) is 0 Å². The average molecular weight is 372 g/mol. The van der Waals surface area contributed by atoms with Gasteiger partial charge in [-0.3, -0.25) is 4.79 Å². The van der Waals surface area contributed by atoms with Gasteiger partial charge in [0.25, 0.3) is 0 Å². The lowest BCUT2D eigenvalue weighted by Crippen LogP contribution is -2.49. The van der Waals surface area contributed by atoms with Gasteiger partial charge in [0.15, 0.2) is 0 Å². The largest absolute Gasteiger partial charge is 0.352 e. The molecule has 0 atom stereocenters. The molecular weight excluding hydrogens is 347 g/mol. The molecule has 1 fully saturated rings. The number of halogens is 1. The molecule has 1 aromatic rings. The molecule has 9 heteroatoms. The van der Waals surface area contributed by atoms with Crippen LogP contribution in [0.3, 0.4) is 0 Å². The van der Waals surface area contributed by atoms with E-state index in [2.05, 4.69) is 10.2 Å². The zero-order valence-corrected chi connectivity index (χ0v) is 15.6. The first-order valence-electron chi connectivity index (χ1n) is 8.14. The van der Waals surface area contributed by atoms with Gasteiger partial charge in [-0.1, -0.05) is 12.1 Å². The molecule has 1 saturated heterocycles. The molecule has 0 radical (unpaired) electrons. The Balaban J connectivity index is 2.16. The summed E-state index contributed by atoms with van der Waals surface area (Å²) >= 11 is 0. The molecule has 25 heavy (non-hydrogen) atoms. The van der Waals surface area contributed by atoms with Crippen molar-refractivity contribution in [2.24, 2.45) is 0 Å². The molecule has 2 rings (SSSR count). The average Bonchev–Trinajstić information content (AvgIpc) is 2.55. The van der Waals surface area contributed by atoms with Gasteiger partial charge < -0.3 is 10.2 Å². The Labute approximate surface area is 148 Å². The Morgan fingerprint density at radius 1 is 1.28 bits per heavy atom. The summed E-state index contributed by atoms with van der Waals surface area (Å²) < 4.78 is 41.0. The van der Waals surface area contributed by atoms with Crippen LogP contribution in [0.1, 0.15) is 12.8 Å². The Bertz CT molecular complexity index is 703. The van der Waals surface area contributed by atoms with Crippen LogP contribution < -0.4 is 9.62 Å². The number of amides is 1. The minimum absolute atomic E-state index is 0.00762. The van der Waals surface area contributed by atoms with Crippen LogP contribution in [0, 0.1) is 5.82 Å². The Hall–Kier alpha value is -1.71. The fourth-order valence-corrected chi connectivity index (χ4v) is 3.77. The van der Waals surface area contributed by atoms with Gasteiger partial charge in [-0.15, -0.1) is 0 Å². The predicted molar refractivity (Wildman–Crippen MR) is 95.0 cm³/mol. The first-order valence-corrected chi connectivity index (χ1v) is 9.54. The number of likely N-dealkylation sites (tertiary alicyclic amines) is 1. The van der Waals surface area contributed by atoms with Gasteiger partial charge in [0, 0.05) is 20.1 Å². The first-order chi connectivity index (χ1) is 11.7. The van der Waals surface area contributed by atoms with Crippen LogP contribution in [0.4, 0.5) is 10.1 Å². The second-order valence-corrected chi connectivity index (χ2v) is 8.46. The summed E-state index contributed by atoms with van der Waals surface area (Å²) in [6.45, 7) is 1.28. The maximum atomic E-state index is 14.1. The number of hydrogen-bond donors (Lipinski definition) is 1. The highest BCUT2D eigenvalue weighted by molar-refractivity contribution is 7.90. The van der Waals surface area contributed by atoms with Crippen LogP contribution in [0.2, 0.25) is 0 Å². The van der Waals surface area contributed by atoms with Crippen LogP contribution in [-0.4, -0.2) is 70.3 Å². The van der Waals surface area contributed by atoms with Crippen molar-refractivity contribution in [2.75, 3.05) is 45.1 Å². The number of nitrogens with zero attached hydrogens (tertiary/aromatic N) is 3. The van der Waals surface area contributed by atoms with Gasteiger partial charge in [-0.25, -0.2) is 8.70 Å². The summed E-state index contributed by atoms with van der Waals surface area (Å²) in [5.41, 5.74) is -0.144. The Morgan fingerprint density at radius 3 is 2.44 bits per heavy atom. The van der Waals surface area contributed by atoms with E-state index < -0.39 is 28.5 Å². The lowest BCUT2D eigenvalue weighted by molar-refractivity contribution is -0.120. The number of carbonyl (C=O) groups excluding carboxylic acids is 1. The number of rotatable bonds is 6. The number of nitrogens with one attached hydrogen (secondary N) is 1. The van der Waals surface area contributed by atoms with E-state index in [4.69, 9.17) is 0 Å². The molecule has 7 nitrogen and oxygen atoms in total. The highest BCUT2D eigenvalue weighted by Gasteiger charge is 2.30. The summed E-state index contributed by atoms with van der Waals surface area (Å²) in [7, 11) is 0.704. The third-order valence-electron chi connectivity index (χ3n) is 4.23. The number of hydrogen-bond acceptors (Lipinski definition) is 4. The lowest BCUT2D eigenvalue weighted by atomic mass is 10.1. The lowest BCUT2D eigenvalue weighted by Gasteiger charge is -2.31. The molecule has 1 N–H and O–H groups in total. The normalized spacial score (nSPS) is 16.8. The van der Waals surface area contributed by atoms with Gasteiger partial charge in [0.05, 0.1) is 5.69 Å². The molecular formula is C16H25FN4O3S.